The van der Waals surface area contributed by atoms with Gasteiger partial charge < -0.3 is 10.6 Å². The van der Waals surface area contributed by atoms with Gasteiger partial charge in [0.1, 0.15) is 0 Å². The highest BCUT2D eigenvalue weighted by Gasteiger charge is 2.04. The standard InChI is InChI=1S/C19H18N6/c1-20-9-13-2-5-17(6-3-13)24-19-21-10-15-8-14(4-7-18(15)25-19)16-11-22-23-12-16/h2-8,10-12,20H,9H2,1H3,(H,22,23)(H,21,24,25). The molecule has 0 atom stereocenters. The maximum atomic E-state index is 4.59. The quantitative estimate of drug-likeness (QED) is 0.522. The van der Waals surface area contributed by atoms with Crippen LogP contribution in [0.2, 0.25) is 0 Å². The first-order valence-electron chi connectivity index (χ1n) is 8.08. The minimum Gasteiger partial charge on any atom is -0.324 e. The van der Waals surface area contributed by atoms with Gasteiger partial charge in [-0.1, -0.05) is 18.2 Å². The highest BCUT2D eigenvalue weighted by molar-refractivity contribution is 5.84. The second-order valence-corrected chi connectivity index (χ2v) is 5.81. The van der Waals surface area contributed by atoms with Crippen LogP contribution >= 0.6 is 0 Å². The van der Waals surface area contributed by atoms with Gasteiger partial charge in [-0.05, 0) is 42.4 Å². The molecule has 2 aromatic heterocycles. The topological polar surface area (TPSA) is 78.5 Å². The van der Waals surface area contributed by atoms with Crippen LogP contribution < -0.4 is 10.6 Å². The molecule has 0 radical (unpaired) electrons. The Bertz CT molecular complexity index is 977. The fourth-order valence-corrected chi connectivity index (χ4v) is 2.72. The van der Waals surface area contributed by atoms with Crippen LogP contribution in [0.4, 0.5) is 11.6 Å². The molecule has 6 heteroatoms. The Balaban J connectivity index is 1.57. The van der Waals surface area contributed by atoms with Gasteiger partial charge in [0, 0.05) is 35.6 Å². The largest absolute Gasteiger partial charge is 0.324 e. The van der Waals surface area contributed by atoms with E-state index in [1.54, 1.807) is 6.20 Å². The van der Waals surface area contributed by atoms with E-state index in [2.05, 4.69) is 49.0 Å². The van der Waals surface area contributed by atoms with Crippen LogP contribution in [0, 0.1) is 0 Å². The molecule has 0 fully saturated rings. The van der Waals surface area contributed by atoms with E-state index >= 15 is 0 Å². The van der Waals surface area contributed by atoms with Crippen LogP contribution in [-0.4, -0.2) is 27.2 Å². The van der Waals surface area contributed by atoms with E-state index in [0.717, 1.165) is 34.3 Å². The molecule has 2 heterocycles. The molecule has 0 amide bonds. The SMILES string of the molecule is CNCc1ccc(Nc2ncc3cc(-c4cn[nH]c4)ccc3n2)cc1. The van der Waals surface area contributed by atoms with E-state index in [9.17, 15) is 0 Å². The van der Waals surface area contributed by atoms with Crippen LogP contribution in [0.5, 0.6) is 0 Å². The summed E-state index contributed by atoms with van der Waals surface area (Å²) in [5.41, 5.74) is 5.24. The number of nitrogens with zero attached hydrogens (tertiary/aromatic N) is 3. The van der Waals surface area contributed by atoms with Gasteiger partial charge in [0.05, 0.1) is 11.7 Å². The van der Waals surface area contributed by atoms with Crippen LogP contribution in [0.25, 0.3) is 22.0 Å². The molecule has 0 saturated heterocycles. The molecule has 0 spiro atoms. The van der Waals surface area contributed by atoms with Crippen molar-refractivity contribution in [3.8, 4) is 11.1 Å². The maximum Gasteiger partial charge on any atom is 0.227 e. The lowest BCUT2D eigenvalue weighted by atomic mass is 10.1. The summed E-state index contributed by atoms with van der Waals surface area (Å²) in [6.07, 6.45) is 5.51. The Hall–Kier alpha value is -3.25. The van der Waals surface area contributed by atoms with Crippen LogP contribution in [0.3, 0.4) is 0 Å². The molecule has 124 valence electrons. The van der Waals surface area contributed by atoms with Crippen LogP contribution in [-0.2, 0) is 6.54 Å². The predicted molar refractivity (Wildman–Crippen MR) is 99.6 cm³/mol. The number of benzene rings is 2. The van der Waals surface area contributed by atoms with E-state index in [4.69, 9.17) is 0 Å². The number of hydrogen-bond acceptors (Lipinski definition) is 5. The molecule has 0 unspecified atom stereocenters. The number of nitrogens with one attached hydrogen (secondary N) is 3. The van der Waals surface area contributed by atoms with Gasteiger partial charge in [0.15, 0.2) is 0 Å². The highest BCUT2D eigenvalue weighted by atomic mass is 15.1. The van der Waals surface area contributed by atoms with Gasteiger partial charge in [0.2, 0.25) is 5.95 Å². The molecular formula is C19H18N6. The molecule has 2 aromatic carbocycles. The zero-order chi connectivity index (χ0) is 17.1. The van der Waals surface area contributed by atoms with E-state index in [0.29, 0.717) is 5.95 Å². The Morgan fingerprint density at radius 1 is 1.00 bits per heavy atom. The average molecular weight is 330 g/mol. The smallest absolute Gasteiger partial charge is 0.227 e. The molecule has 4 rings (SSSR count). The van der Waals surface area contributed by atoms with E-state index in [1.807, 2.05) is 43.7 Å². The maximum absolute atomic E-state index is 4.59. The summed E-state index contributed by atoms with van der Waals surface area (Å²) < 4.78 is 0. The number of aromatic amines is 1. The number of fused-ring (bicyclic) bond motifs is 1. The lowest BCUT2D eigenvalue weighted by molar-refractivity contribution is 0.818. The predicted octanol–water partition coefficient (Wildman–Crippen LogP) is 3.48. The average Bonchev–Trinajstić information content (AvgIpc) is 3.18. The molecule has 0 aliphatic carbocycles. The number of rotatable bonds is 5. The van der Waals surface area contributed by atoms with E-state index in [1.165, 1.54) is 5.56 Å². The van der Waals surface area contributed by atoms with Crippen molar-refractivity contribution >= 4 is 22.5 Å². The van der Waals surface area contributed by atoms with Crippen molar-refractivity contribution in [2.75, 3.05) is 12.4 Å². The molecule has 6 nitrogen and oxygen atoms in total. The third-order valence-electron chi connectivity index (χ3n) is 4.00. The first kappa shape index (κ1) is 15.3. The lowest BCUT2D eigenvalue weighted by Gasteiger charge is -2.07. The van der Waals surface area contributed by atoms with Gasteiger partial charge >= 0.3 is 0 Å². The molecule has 3 N–H and O–H groups in total. The highest BCUT2D eigenvalue weighted by Crippen LogP contribution is 2.23. The molecule has 0 bridgehead atoms. The summed E-state index contributed by atoms with van der Waals surface area (Å²) in [7, 11) is 1.94. The van der Waals surface area contributed by atoms with Crippen molar-refractivity contribution in [1.82, 2.24) is 25.5 Å². The fourth-order valence-electron chi connectivity index (χ4n) is 2.72. The van der Waals surface area contributed by atoms with E-state index in [-0.39, 0.29) is 0 Å². The molecule has 25 heavy (non-hydrogen) atoms. The number of H-pyrrole nitrogens is 1. The zero-order valence-electron chi connectivity index (χ0n) is 13.8. The third kappa shape index (κ3) is 3.34. The van der Waals surface area contributed by atoms with Crippen molar-refractivity contribution in [3.63, 3.8) is 0 Å². The van der Waals surface area contributed by atoms with Gasteiger partial charge in [-0.25, -0.2) is 9.97 Å². The lowest BCUT2D eigenvalue weighted by Crippen LogP contribution is -2.04. The van der Waals surface area contributed by atoms with Crippen molar-refractivity contribution in [3.05, 3.63) is 66.6 Å². The van der Waals surface area contributed by atoms with Crippen LogP contribution in [0.1, 0.15) is 5.56 Å². The number of aromatic nitrogens is 4. The number of anilines is 2. The second kappa shape index (κ2) is 6.70. The Labute approximate surface area is 145 Å². The number of hydrogen-bond donors (Lipinski definition) is 3. The first-order chi connectivity index (χ1) is 12.3. The monoisotopic (exact) mass is 330 g/mol. The molecule has 4 aromatic rings. The van der Waals surface area contributed by atoms with Crippen molar-refractivity contribution in [2.24, 2.45) is 0 Å². The van der Waals surface area contributed by atoms with Crippen molar-refractivity contribution < 1.29 is 0 Å². The van der Waals surface area contributed by atoms with Crippen LogP contribution in [0.15, 0.2) is 61.1 Å². The summed E-state index contributed by atoms with van der Waals surface area (Å²) in [5, 5.41) is 14.2. The third-order valence-corrected chi connectivity index (χ3v) is 4.00. The first-order valence-corrected chi connectivity index (χ1v) is 8.08. The molecule has 0 aliphatic heterocycles. The van der Waals surface area contributed by atoms with Crippen molar-refractivity contribution in [1.29, 1.82) is 0 Å². The van der Waals surface area contributed by atoms with Gasteiger partial charge in [-0.15, -0.1) is 0 Å². The summed E-state index contributed by atoms with van der Waals surface area (Å²) in [6, 6.07) is 14.3. The summed E-state index contributed by atoms with van der Waals surface area (Å²) in [4.78, 5) is 9.02. The Kier molecular flexibility index (Phi) is 4.10. The Morgan fingerprint density at radius 3 is 2.64 bits per heavy atom. The summed E-state index contributed by atoms with van der Waals surface area (Å²) in [5.74, 6) is 0.588. The summed E-state index contributed by atoms with van der Waals surface area (Å²) in [6.45, 7) is 0.853. The van der Waals surface area contributed by atoms with Crippen molar-refractivity contribution in [2.45, 2.75) is 6.54 Å². The molecule has 0 aliphatic rings. The Morgan fingerprint density at radius 2 is 1.88 bits per heavy atom. The van der Waals surface area contributed by atoms with Gasteiger partial charge in [-0.2, -0.15) is 5.10 Å². The fraction of sp³-hybridized carbons (Fsp3) is 0.105. The zero-order valence-corrected chi connectivity index (χ0v) is 13.8. The minimum absolute atomic E-state index is 0.588. The van der Waals surface area contributed by atoms with Gasteiger partial charge in [-0.3, -0.25) is 5.10 Å². The van der Waals surface area contributed by atoms with E-state index < -0.39 is 0 Å². The normalized spacial score (nSPS) is 10.9. The minimum atomic E-state index is 0.588. The second-order valence-electron chi connectivity index (χ2n) is 5.81. The molecular weight excluding hydrogens is 312 g/mol. The summed E-state index contributed by atoms with van der Waals surface area (Å²) >= 11 is 0. The van der Waals surface area contributed by atoms with Gasteiger partial charge in [0.25, 0.3) is 0 Å². The molecule has 0 saturated carbocycles.